The lowest BCUT2D eigenvalue weighted by Gasteiger charge is -2.19. The molecule has 0 aliphatic rings. The molecule has 23 heavy (non-hydrogen) atoms. The number of hydrogen-bond donors (Lipinski definition) is 1. The van der Waals surface area contributed by atoms with Crippen molar-refractivity contribution >= 4 is 28.8 Å². The minimum absolute atomic E-state index is 0.158. The second kappa shape index (κ2) is 7.08. The molecule has 0 radical (unpaired) electrons. The molecule has 1 amide bonds. The lowest BCUT2D eigenvalue weighted by Crippen LogP contribution is -2.34. The number of carbonyl (C=O) groups is 1. The maximum absolute atomic E-state index is 13.8. The number of benzene rings is 1. The molecule has 2 aromatic rings. The van der Waals surface area contributed by atoms with Gasteiger partial charge in [0, 0.05) is 0 Å². The predicted octanol–water partition coefficient (Wildman–Crippen LogP) is 3.59. The molecule has 0 saturated carbocycles. The third kappa shape index (κ3) is 4.51. The quantitative estimate of drug-likeness (QED) is 0.661. The van der Waals surface area contributed by atoms with Crippen LogP contribution in [0.2, 0.25) is 0 Å². The smallest absolute Gasteiger partial charge is 0.407 e. The third-order valence-electron chi connectivity index (χ3n) is 2.73. The summed E-state index contributed by atoms with van der Waals surface area (Å²) in [5.74, 6) is -0.153. The molecule has 1 aromatic carbocycles. The second-order valence-electron chi connectivity index (χ2n) is 5.72. The number of fused-ring (bicyclic) bond motifs is 1. The Morgan fingerprint density at radius 1 is 1.43 bits per heavy atom. The Morgan fingerprint density at radius 3 is 2.83 bits per heavy atom. The molecular weight excluding hydrogens is 323 g/mol. The van der Waals surface area contributed by atoms with Crippen LogP contribution in [0.4, 0.5) is 9.18 Å². The van der Waals surface area contributed by atoms with Gasteiger partial charge >= 0.3 is 6.09 Å². The lowest BCUT2D eigenvalue weighted by molar-refractivity contribution is 0.0520. The van der Waals surface area contributed by atoms with Crippen LogP contribution < -0.4 is 10.1 Å². The molecule has 0 atom stereocenters. The molecule has 0 aliphatic heterocycles. The van der Waals surface area contributed by atoms with Gasteiger partial charge in [0.15, 0.2) is 5.58 Å². The van der Waals surface area contributed by atoms with Crippen molar-refractivity contribution in [3.05, 3.63) is 17.9 Å². The van der Waals surface area contributed by atoms with E-state index in [0.29, 0.717) is 15.9 Å². The van der Waals surface area contributed by atoms with Gasteiger partial charge in [-0.15, -0.1) is 11.8 Å². The van der Waals surface area contributed by atoms with E-state index in [9.17, 15) is 9.18 Å². The first-order valence-corrected chi connectivity index (χ1v) is 8.26. The summed E-state index contributed by atoms with van der Waals surface area (Å²) in [5.41, 5.74) is -0.108. The van der Waals surface area contributed by atoms with Crippen molar-refractivity contribution in [2.24, 2.45) is 0 Å². The molecule has 0 fully saturated rings. The van der Waals surface area contributed by atoms with Crippen LogP contribution in [0.3, 0.4) is 0 Å². The van der Waals surface area contributed by atoms with Crippen LogP contribution in [-0.4, -0.2) is 36.3 Å². The molecule has 0 spiro atoms. The molecule has 0 saturated heterocycles. The Kier molecular flexibility index (Phi) is 5.35. The number of hydrogen-bond acceptors (Lipinski definition) is 6. The standard InChI is InChI=1S/C15H19FN2O4S/c1-15(2,3)21-14(19)17-7-8-20-13-11-10(22-18-13)6-5-9(16)12(11)23-4/h5-6H,7-8H2,1-4H3,(H,17,19). The number of carbonyl (C=O) groups excluding carboxylic acids is 1. The summed E-state index contributed by atoms with van der Waals surface area (Å²) in [7, 11) is 0. The first kappa shape index (κ1) is 17.4. The van der Waals surface area contributed by atoms with Gasteiger partial charge in [-0.3, -0.25) is 0 Å². The highest BCUT2D eigenvalue weighted by molar-refractivity contribution is 7.98. The fraction of sp³-hybridized carbons (Fsp3) is 0.467. The molecular formula is C15H19FN2O4S. The van der Waals surface area contributed by atoms with Gasteiger partial charge in [0.1, 0.15) is 23.4 Å². The molecule has 8 heteroatoms. The van der Waals surface area contributed by atoms with Crippen molar-refractivity contribution in [1.29, 1.82) is 0 Å². The Balaban J connectivity index is 1.95. The fourth-order valence-corrected chi connectivity index (χ4v) is 2.52. The maximum atomic E-state index is 13.8. The number of alkyl carbamates (subject to hydrolysis) is 1. The van der Waals surface area contributed by atoms with Crippen LogP contribution in [0.25, 0.3) is 11.0 Å². The molecule has 126 valence electrons. The Bertz CT molecular complexity index is 697. The van der Waals surface area contributed by atoms with E-state index in [1.165, 1.54) is 23.9 Å². The number of halogens is 1. The van der Waals surface area contributed by atoms with Gasteiger partial charge in [-0.25, -0.2) is 9.18 Å². The Hall–Kier alpha value is -1.96. The van der Waals surface area contributed by atoms with E-state index in [4.69, 9.17) is 14.0 Å². The van der Waals surface area contributed by atoms with Crippen molar-refractivity contribution in [3.63, 3.8) is 0 Å². The summed E-state index contributed by atoms with van der Waals surface area (Å²) in [4.78, 5) is 11.9. The molecule has 6 nitrogen and oxygen atoms in total. The number of amides is 1. The topological polar surface area (TPSA) is 73.6 Å². The van der Waals surface area contributed by atoms with Gasteiger partial charge in [-0.05, 0) is 44.3 Å². The van der Waals surface area contributed by atoms with Crippen molar-refractivity contribution in [2.75, 3.05) is 19.4 Å². The van der Waals surface area contributed by atoms with Crippen LogP contribution in [0, 0.1) is 5.82 Å². The summed E-state index contributed by atoms with van der Waals surface area (Å²) in [5, 5.41) is 6.86. The molecule has 1 N–H and O–H groups in total. The Labute approximate surface area is 137 Å². The van der Waals surface area contributed by atoms with Crippen molar-refractivity contribution < 1.29 is 23.2 Å². The van der Waals surface area contributed by atoms with Gasteiger partial charge in [0.05, 0.1) is 11.4 Å². The van der Waals surface area contributed by atoms with E-state index in [0.717, 1.165) is 0 Å². The SMILES string of the molecule is CSc1c(F)ccc2onc(OCCNC(=O)OC(C)(C)C)c12. The summed E-state index contributed by atoms with van der Waals surface area (Å²) in [6.07, 6.45) is 1.24. The van der Waals surface area contributed by atoms with Crippen molar-refractivity contribution in [1.82, 2.24) is 10.5 Å². The lowest BCUT2D eigenvalue weighted by atomic mass is 10.2. The molecule has 0 aliphatic carbocycles. The monoisotopic (exact) mass is 342 g/mol. The minimum Gasteiger partial charge on any atom is -0.473 e. The normalized spacial score (nSPS) is 11.5. The van der Waals surface area contributed by atoms with Crippen LogP contribution >= 0.6 is 11.8 Å². The van der Waals surface area contributed by atoms with Crippen LogP contribution in [-0.2, 0) is 4.74 Å². The average molecular weight is 342 g/mol. The van der Waals surface area contributed by atoms with Gasteiger partial charge < -0.3 is 19.3 Å². The number of ether oxygens (including phenoxy) is 2. The van der Waals surface area contributed by atoms with Crippen molar-refractivity contribution in [3.8, 4) is 5.88 Å². The molecule has 1 heterocycles. The summed E-state index contributed by atoms with van der Waals surface area (Å²) < 4.78 is 29.5. The van der Waals surface area contributed by atoms with E-state index in [1.807, 2.05) is 0 Å². The van der Waals surface area contributed by atoms with E-state index in [1.54, 1.807) is 27.0 Å². The van der Waals surface area contributed by atoms with Gasteiger partial charge in [0.2, 0.25) is 0 Å². The highest BCUT2D eigenvalue weighted by Gasteiger charge is 2.18. The van der Waals surface area contributed by atoms with Crippen LogP contribution in [0.1, 0.15) is 20.8 Å². The number of nitrogens with one attached hydrogen (secondary N) is 1. The summed E-state index contributed by atoms with van der Waals surface area (Å²) in [6, 6.07) is 2.83. The molecule has 1 aromatic heterocycles. The van der Waals surface area contributed by atoms with E-state index in [-0.39, 0.29) is 24.8 Å². The molecule has 0 unspecified atom stereocenters. The van der Waals surface area contributed by atoms with E-state index >= 15 is 0 Å². The number of aromatic nitrogens is 1. The predicted molar refractivity (Wildman–Crippen MR) is 85.5 cm³/mol. The number of thioether (sulfide) groups is 1. The van der Waals surface area contributed by atoms with E-state index in [2.05, 4.69) is 10.5 Å². The number of nitrogens with zero attached hydrogens (tertiary/aromatic N) is 1. The minimum atomic E-state index is -0.558. The number of rotatable bonds is 5. The first-order valence-electron chi connectivity index (χ1n) is 7.03. The zero-order chi connectivity index (χ0) is 17.0. The van der Waals surface area contributed by atoms with Crippen molar-refractivity contribution in [2.45, 2.75) is 31.3 Å². The summed E-state index contributed by atoms with van der Waals surface area (Å²) >= 11 is 1.25. The largest absolute Gasteiger partial charge is 0.473 e. The average Bonchev–Trinajstić information content (AvgIpc) is 2.85. The molecule has 2 rings (SSSR count). The zero-order valence-electron chi connectivity index (χ0n) is 13.4. The van der Waals surface area contributed by atoms with Crippen LogP contribution in [0.5, 0.6) is 5.88 Å². The van der Waals surface area contributed by atoms with Crippen LogP contribution in [0.15, 0.2) is 21.6 Å². The highest BCUT2D eigenvalue weighted by atomic mass is 32.2. The maximum Gasteiger partial charge on any atom is 0.407 e. The highest BCUT2D eigenvalue weighted by Crippen LogP contribution is 2.35. The van der Waals surface area contributed by atoms with E-state index < -0.39 is 11.7 Å². The van der Waals surface area contributed by atoms with Gasteiger partial charge in [-0.1, -0.05) is 0 Å². The first-order chi connectivity index (χ1) is 10.8. The fourth-order valence-electron chi connectivity index (χ4n) is 1.87. The Morgan fingerprint density at radius 2 is 2.17 bits per heavy atom. The van der Waals surface area contributed by atoms with Gasteiger partial charge in [0.25, 0.3) is 5.88 Å². The third-order valence-corrected chi connectivity index (χ3v) is 3.53. The second-order valence-corrected chi connectivity index (χ2v) is 6.54. The summed E-state index contributed by atoms with van der Waals surface area (Å²) in [6.45, 7) is 5.73. The van der Waals surface area contributed by atoms with Gasteiger partial charge in [-0.2, -0.15) is 0 Å². The zero-order valence-corrected chi connectivity index (χ0v) is 14.3. The molecule has 0 bridgehead atoms.